The van der Waals surface area contributed by atoms with Crippen LogP contribution < -0.4 is 5.32 Å². The van der Waals surface area contributed by atoms with E-state index in [0.717, 1.165) is 41.2 Å². The van der Waals surface area contributed by atoms with Crippen LogP contribution >= 0.6 is 11.8 Å². The lowest BCUT2D eigenvalue weighted by Crippen LogP contribution is -2.02. The first-order valence-electron chi connectivity index (χ1n) is 7.16. The van der Waals surface area contributed by atoms with Crippen LogP contribution in [0, 0.1) is 0 Å². The molecule has 0 saturated heterocycles. The van der Waals surface area contributed by atoms with Gasteiger partial charge in [0.2, 0.25) is 0 Å². The first kappa shape index (κ1) is 13.4. The predicted molar refractivity (Wildman–Crippen MR) is 80.1 cm³/mol. The first-order chi connectivity index (χ1) is 9.86. The van der Waals surface area contributed by atoms with Crippen molar-refractivity contribution >= 4 is 17.6 Å². The molecule has 5 nitrogen and oxygen atoms in total. The zero-order chi connectivity index (χ0) is 13.8. The molecular formula is C14H19N5S. The van der Waals surface area contributed by atoms with E-state index in [1.54, 1.807) is 11.8 Å². The van der Waals surface area contributed by atoms with E-state index in [1.807, 2.05) is 12.3 Å². The third kappa shape index (κ3) is 2.95. The summed E-state index contributed by atoms with van der Waals surface area (Å²) >= 11 is 1.67. The van der Waals surface area contributed by atoms with E-state index >= 15 is 0 Å². The molecule has 6 heteroatoms. The molecule has 0 radical (unpaired) electrons. The van der Waals surface area contributed by atoms with Crippen molar-refractivity contribution in [2.75, 3.05) is 11.9 Å². The van der Waals surface area contributed by atoms with E-state index in [9.17, 15) is 0 Å². The molecule has 3 rings (SSSR count). The maximum atomic E-state index is 4.35. The zero-order valence-electron chi connectivity index (χ0n) is 11.7. The fourth-order valence-corrected chi connectivity index (χ4v) is 3.29. The van der Waals surface area contributed by atoms with Gasteiger partial charge in [0.25, 0.3) is 0 Å². The average molecular weight is 289 g/mol. The Morgan fingerprint density at radius 2 is 2.25 bits per heavy atom. The van der Waals surface area contributed by atoms with Crippen LogP contribution in [-0.4, -0.2) is 26.3 Å². The second-order valence-corrected chi connectivity index (χ2v) is 5.91. The summed E-state index contributed by atoms with van der Waals surface area (Å²) in [7, 11) is 0. The van der Waals surface area contributed by atoms with Gasteiger partial charge in [0.05, 0.1) is 0 Å². The van der Waals surface area contributed by atoms with Crippen LogP contribution in [0.3, 0.4) is 0 Å². The number of hydrogen-bond donors (Lipinski definition) is 1. The standard InChI is InChI=1S/C14H19N5S/c1-2-15-12-10-11(7-8-16-12)20-14-18-17-13-6-4-3-5-9-19(13)14/h7-8,10H,2-6,9H2,1H3,(H,15,16). The van der Waals surface area contributed by atoms with E-state index < -0.39 is 0 Å². The van der Waals surface area contributed by atoms with Crippen LogP contribution in [0.2, 0.25) is 0 Å². The highest BCUT2D eigenvalue weighted by atomic mass is 32.2. The van der Waals surface area contributed by atoms with Crippen molar-refractivity contribution in [2.24, 2.45) is 0 Å². The topological polar surface area (TPSA) is 55.6 Å². The Balaban J connectivity index is 1.81. The molecule has 1 N–H and O–H groups in total. The third-order valence-corrected chi connectivity index (χ3v) is 4.35. The van der Waals surface area contributed by atoms with Crippen molar-refractivity contribution in [2.45, 2.75) is 49.2 Å². The van der Waals surface area contributed by atoms with Gasteiger partial charge in [-0.05, 0) is 43.7 Å². The molecule has 0 atom stereocenters. The molecule has 0 spiro atoms. The molecular weight excluding hydrogens is 270 g/mol. The average Bonchev–Trinajstić information content (AvgIpc) is 2.69. The molecule has 0 fully saturated rings. The lowest BCUT2D eigenvalue weighted by Gasteiger charge is -2.07. The molecule has 0 amide bonds. The molecule has 2 aromatic heterocycles. The SMILES string of the molecule is CCNc1cc(Sc2nnc3n2CCCCC3)ccn1. The Hall–Kier alpha value is -1.56. The number of fused-ring (bicyclic) bond motifs is 1. The summed E-state index contributed by atoms with van der Waals surface area (Å²) < 4.78 is 2.27. The van der Waals surface area contributed by atoms with E-state index in [1.165, 1.54) is 19.3 Å². The number of aromatic nitrogens is 4. The van der Waals surface area contributed by atoms with Crippen LogP contribution in [-0.2, 0) is 13.0 Å². The van der Waals surface area contributed by atoms with Gasteiger partial charge in [-0.1, -0.05) is 6.42 Å². The number of nitrogens with one attached hydrogen (secondary N) is 1. The van der Waals surface area contributed by atoms with Crippen LogP contribution in [0.15, 0.2) is 28.4 Å². The molecule has 0 unspecified atom stereocenters. The number of nitrogens with zero attached hydrogens (tertiary/aromatic N) is 4. The summed E-state index contributed by atoms with van der Waals surface area (Å²) in [4.78, 5) is 5.44. The van der Waals surface area contributed by atoms with E-state index in [-0.39, 0.29) is 0 Å². The fraction of sp³-hybridized carbons (Fsp3) is 0.500. The third-order valence-electron chi connectivity index (χ3n) is 3.37. The van der Waals surface area contributed by atoms with Gasteiger partial charge < -0.3 is 9.88 Å². The Kier molecular flexibility index (Phi) is 4.20. The van der Waals surface area contributed by atoms with Gasteiger partial charge >= 0.3 is 0 Å². The molecule has 0 bridgehead atoms. The molecule has 1 aliphatic rings. The van der Waals surface area contributed by atoms with Gasteiger partial charge in [-0.25, -0.2) is 4.98 Å². The van der Waals surface area contributed by atoms with Gasteiger partial charge in [-0.3, -0.25) is 0 Å². The van der Waals surface area contributed by atoms with Crippen LogP contribution in [0.25, 0.3) is 0 Å². The highest BCUT2D eigenvalue weighted by Gasteiger charge is 2.15. The van der Waals surface area contributed by atoms with E-state index in [0.29, 0.717) is 0 Å². The maximum Gasteiger partial charge on any atom is 0.196 e. The summed E-state index contributed by atoms with van der Waals surface area (Å²) in [5.41, 5.74) is 0. The maximum absolute atomic E-state index is 4.35. The molecule has 3 heterocycles. The van der Waals surface area contributed by atoms with Gasteiger partial charge in [-0.2, -0.15) is 0 Å². The lowest BCUT2D eigenvalue weighted by molar-refractivity contribution is 0.591. The smallest absolute Gasteiger partial charge is 0.196 e. The summed E-state index contributed by atoms with van der Waals surface area (Å²) in [5, 5.41) is 12.9. The molecule has 2 aromatic rings. The Labute approximate surface area is 123 Å². The van der Waals surface area contributed by atoms with Gasteiger partial charge in [-0.15, -0.1) is 10.2 Å². The second-order valence-electron chi connectivity index (χ2n) is 4.87. The predicted octanol–water partition coefficient (Wildman–Crippen LogP) is 2.98. The Morgan fingerprint density at radius 3 is 3.15 bits per heavy atom. The summed E-state index contributed by atoms with van der Waals surface area (Å²) in [6.45, 7) is 3.98. The van der Waals surface area contributed by atoms with Crippen molar-refractivity contribution in [3.8, 4) is 0 Å². The van der Waals surface area contributed by atoms with Crippen LogP contribution in [0.1, 0.15) is 32.0 Å². The molecule has 20 heavy (non-hydrogen) atoms. The fourth-order valence-electron chi connectivity index (χ4n) is 2.39. The first-order valence-corrected chi connectivity index (χ1v) is 7.98. The molecule has 106 valence electrons. The van der Waals surface area contributed by atoms with Crippen molar-refractivity contribution in [3.63, 3.8) is 0 Å². The second kappa shape index (κ2) is 6.26. The highest BCUT2D eigenvalue weighted by Crippen LogP contribution is 2.29. The minimum atomic E-state index is 0.876. The molecule has 0 aromatic carbocycles. The number of aryl methyl sites for hydroxylation is 1. The normalized spacial score (nSPS) is 14.7. The number of hydrogen-bond acceptors (Lipinski definition) is 5. The van der Waals surface area contributed by atoms with Gasteiger partial charge in [0, 0.05) is 30.6 Å². The van der Waals surface area contributed by atoms with Gasteiger partial charge in [0.1, 0.15) is 11.6 Å². The number of anilines is 1. The molecule has 0 saturated carbocycles. The van der Waals surface area contributed by atoms with Crippen molar-refractivity contribution in [1.82, 2.24) is 19.7 Å². The quantitative estimate of drug-likeness (QED) is 0.937. The van der Waals surface area contributed by atoms with Crippen molar-refractivity contribution in [1.29, 1.82) is 0 Å². The summed E-state index contributed by atoms with van der Waals surface area (Å²) in [6.07, 6.45) is 6.61. The van der Waals surface area contributed by atoms with Crippen molar-refractivity contribution in [3.05, 3.63) is 24.2 Å². The summed E-state index contributed by atoms with van der Waals surface area (Å²) in [5.74, 6) is 2.04. The minimum Gasteiger partial charge on any atom is -0.370 e. The molecule has 0 aliphatic carbocycles. The monoisotopic (exact) mass is 289 g/mol. The lowest BCUT2D eigenvalue weighted by atomic mass is 10.2. The number of pyridine rings is 1. The summed E-state index contributed by atoms with van der Waals surface area (Å²) in [6, 6.07) is 4.08. The highest BCUT2D eigenvalue weighted by molar-refractivity contribution is 7.99. The van der Waals surface area contributed by atoms with Crippen LogP contribution in [0.4, 0.5) is 5.82 Å². The van der Waals surface area contributed by atoms with Gasteiger partial charge in [0.15, 0.2) is 5.16 Å². The Morgan fingerprint density at radius 1 is 1.30 bits per heavy atom. The van der Waals surface area contributed by atoms with Crippen LogP contribution in [0.5, 0.6) is 0 Å². The molecule has 1 aliphatic heterocycles. The van der Waals surface area contributed by atoms with Crippen molar-refractivity contribution < 1.29 is 0 Å². The van der Waals surface area contributed by atoms with E-state index in [4.69, 9.17) is 0 Å². The minimum absolute atomic E-state index is 0.876. The Bertz CT molecular complexity index is 581. The number of rotatable bonds is 4. The van der Waals surface area contributed by atoms with E-state index in [2.05, 4.69) is 38.1 Å². The largest absolute Gasteiger partial charge is 0.370 e. The zero-order valence-corrected chi connectivity index (χ0v) is 12.5.